The van der Waals surface area contributed by atoms with E-state index in [1.54, 1.807) is 5.57 Å². The highest BCUT2D eigenvalue weighted by molar-refractivity contribution is 5.14. The summed E-state index contributed by atoms with van der Waals surface area (Å²) in [6, 6.07) is 0. The van der Waals surface area contributed by atoms with Gasteiger partial charge in [-0.25, -0.2) is 0 Å². The molecule has 1 heterocycles. The zero-order valence-corrected chi connectivity index (χ0v) is 7.51. The average Bonchev–Trinajstić information content (AvgIpc) is 2.33. The maximum absolute atomic E-state index is 2.46. The van der Waals surface area contributed by atoms with Crippen molar-refractivity contribution in [2.45, 2.75) is 19.8 Å². The monoisotopic (exact) mass is 151 g/mol. The summed E-state index contributed by atoms with van der Waals surface area (Å²) in [6.07, 6.45) is 5.20. The fourth-order valence-electron chi connectivity index (χ4n) is 2.45. The van der Waals surface area contributed by atoms with E-state index < -0.39 is 0 Å². The lowest BCUT2D eigenvalue weighted by Gasteiger charge is -2.33. The van der Waals surface area contributed by atoms with Gasteiger partial charge in [0.1, 0.15) is 0 Å². The standard InChI is InChI=1S/C10H17N/c1-8-3-4-9-5-6-11(2)7-10(8)9/h3,9-10H,4-7H2,1-2H3. The Hall–Kier alpha value is -0.300. The lowest BCUT2D eigenvalue weighted by Crippen LogP contribution is -2.36. The lowest BCUT2D eigenvalue weighted by atomic mass is 9.85. The van der Waals surface area contributed by atoms with Crippen molar-refractivity contribution in [3.63, 3.8) is 0 Å². The SMILES string of the molecule is CC1=CCC2CCN(C)CC12. The van der Waals surface area contributed by atoms with Crippen LogP contribution in [-0.4, -0.2) is 25.0 Å². The zero-order valence-electron chi connectivity index (χ0n) is 7.51. The van der Waals surface area contributed by atoms with E-state index in [1.165, 1.54) is 25.9 Å². The van der Waals surface area contributed by atoms with Crippen molar-refractivity contribution in [1.82, 2.24) is 4.90 Å². The topological polar surface area (TPSA) is 3.24 Å². The Bertz CT molecular complexity index is 183. The van der Waals surface area contributed by atoms with Gasteiger partial charge in [0, 0.05) is 6.54 Å². The molecule has 0 radical (unpaired) electrons. The zero-order chi connectivity index (χ0) is 7.84. The summed E-state index contributed by atoms with van der Waals surface area (Å²) >= 11 is 0. The predicted octanol–water partition coefficient (Wildman–Crippen LogP) is 1.90. The molecule has 11 heavy (non-hydrogen) atoms. The second kappa shape index (κ2) is 2.63. The summed E-state index contributed by atoms with van der Waals surface area (Å²) in [7, 11) is 2.24. The maximum Gasteiger partial charge on any atom is 0.00466 e. The molecule has 0 saturated carbocycles. The normalized spacial score (nSPS) is 38.5. The first kappa shape index (κ1) is 7.35. The molecule has 0 N–H and O–H groups in total. The summed E-state index contributed by atoms with van der Waals surface area (Å²) in [5, 5.41) is 0. The molecular formula is C10H17N. The van der Waals surface area contributed by atoms with Crippen molar-refractivity contribution in [3.8, 4) is 0 Å². The van der Waals surface area contributed by atoms with Gasteiger partial charge in [0.2, 0.25) is 0 Å². The van der Waals surface area contributed by atoms with Gasteiger partial charge in [-0.2, -0.15) is 0 Å². The summed E-state index contributed by atoms with van der Waals surface area (Å²) in [4.78, 5) is 2.46. The summed E-state index contributed by atoms with van der Waals surface area (Å²) in [5.74, 6) is 1.89. The largest absolute Gasteiger partial charge is 0.306 e. The Morgan fingerprint density at radius 2 is 2.36 bits per heavy atom. The van der Waals surface area contributed by atoms with Crippen LogP contribution in [-0.2, 0) is 0 Å². The molecule has 1 aliphatic carbocycles. The number of nitrogens with zero attached hydrogens (tertiary/aromatic N) is 1. The molecule has 0 spiro atoms. The molecule has 1 saturated heterocycles. The first-order chi connectivity index (χ1) is 5.27. The lowest BCUT2D eigenvalue weighted by molar-refractivity contribution is 0.178. The van der Waals surface area contributed by atoms with Gasteiger partial charge in [-0.05, 0) is 45.2 Å². The van der Waals surface area contributed by atoms with Crippen LogP contribution in [0, 0.1) is 11.8 Å². The number of allylic oxidation sites excluding steroid dienone is 1. The van der Waals surface area contributed by atoms with Crippen LogP contribution in [0.1, 0.15) is 19.8 Å². The quantitative estimate of drug-likeness (QED) is 0.478. The molecule has 0 aromatic carbocycles. The molecule has 62 valence electrons. The molecule has 0 aromatic heterocycles. The van der Waals surface area contributed by atoms with Crippen molar-refractivity contribution < 1.29 is 0 Å². The van der Waals surface area contributed by atoms with E-state index in [4.69, 9.17) is 0 Å². The number of hydrogen-bond donors (Lipinski definition) is 0. The number of fused-ring (bicyclic) bond motifs is 1. The number of hydrogen-bond acceptors (Lipinski definition) is 1. The Morgan fingerprint density at radius 3 is 3.18 bits per heavy atom. The minimum atomic E-state index is 0.897. The maximum atomic E-state index is 2.46. The van der Waals surface area contributed by atoms with Gasteiger partial charge in [-0.1, -0.05) is 11.6 Å². The highest BCUT2D eigenvalue weighted by Crippen LogP contribution is 2.36. The summed E-state index contributed by atoms with van der Waals surface area (Å²) < 4.78 is 0. The van der Waals surface area contributed by atoms with Crippen molar-refractivity contribution in [1.29, 1.82) is 0 Å². The van der Waals surface area contributed by atoms with Crippen LogP contribution < -0.4 is 0 Å². The number of likely N-dealkylation sites (tertiary alicyclic amines) is 1. The second-order valence-corrected chi connectivity index (χ2v) is 4.10. The molecule has 2 unspecified atom stereocenters. The van der Waals surface area contributed by atoms with Crippen LogP contribution in [0.3, 0.4) is 0 Å². The fourth-order valence-corrected chi connectivity index (χ4v) is 2.45. The summed E-state index contributed by atoms with van der Waals surface area (Å²) in [6.45, 7) is 4.90. The molecule has 0 aromatic rings. The highest BCUT2D eigenvalue weighted by atomic mass is 15.1. The third-order valence-corrected chi connectivity index (χ3v) is 3.29. The third-order valence-electron chi connectivity index (χ3n) is 3.29. The van der Waals surface area contributed by atoms with E-state index in [1.807, 2.05) is 0 Å². The molecule has 1 nitrogen and oxygen atoms in total. The number of rotatable bonds is 0. The second-order valence-electron chi connectivity index (χ2n) is 4.10. The van der Waals surface area contributed by atoms with E-state index in [2.05, 4.69) is 24.9 Å². The molecule has 1 fully saturated rings. The van der Waals surface area contributed by atoms with Gasteiger partial charge in [0.15, 0.2) is 0 Å². The minimum Gasteiger partial charge on any atom is -0.306 e. The van der Waals surface area contributed by atoms with Gasteiger partial charge in [-0.3, -0.25) is 0 Å². The predicted molar refractivity (Wildman–Crippen MR) is 47.5 cm³/mol. The van der Waals surface area contributed by atoms with E-state index >= 15 is 0 Å². The first-order valence-electron chi connectivity index (χ1n) is 4.62. The van der Waals surface area contributed by atoms with E-state index in [0.717, 1.165) is 11.8 Å². The molecule has 2 rings (SSSR count). The molecule has 1 heteroatoms. The average molecular weight is 151 g/mol. The number of piperidine rings is 1. The van der Waals surface area contributed by atoms with Crippen LogP contribution in [0.25, 0.3) is 0 Å². The minimum absolute atomic E-state index is 0.897. The fraction of sp³-hybridized carbons (Fsp3) is 0.800. The van der Waals surface area contributed by atoms with Crippen LogP contribution in [0.2, 0.25) is 0 Å². The molecule has 2 aliphatic rings. The van der Waals surface area contributed by atoms with Crippen LogP contribution in [0.15, 0.2) is 11.6 Å². The van der Waals surface area contributed by atoms with Crippen molar-refractivity contribution >= 4 is 0 Å². The molecular weight excluding hydrogens is 134 g/mol. The Balaban J connectivity index is 2.07. The first-order valence-corrected chi connectivity index (χ1v) is 4.62. The van der Waals surface area contributed by atoms with Gasteiger partial charge in [0.25, 0.3) is 0 Å². The van der Waals surface area contributed by atoms with Gasteiger partial charge in [0.05, 0.1) is 0 Å². The van der Waals surface area contributed by atoms with E-state index in [-0.39, 0.29) is 0 Å². The van der Waals surface area contributed by atoms with E-state index in [0.29, 0.717) is 0 Å². The summed E-state index contributed by atoms with van der Waals surface area (Å²) in [5.41, 5.74) is 1.64. The Labute approximate surface area is 69.1 Å². The molecule has 2 atom stereocenters. The van der Waals surface area contributed by atoms with Crippen molar-refractivity contribution in [2.75, 3.05) is 20.1 Å². The van der Waals surface area contributed by atoms with Gasteiger partial charge in [-0.15, -0.1) is 0 Å². The van der Waals surface area contributed by atoms with Crippen LogP contribution in [0.5, 0.6) is 0 Å². The van der Waals surface area contributed by atoms with E-state index in [9.17, 15) is 0 Å². The Kier molecular flexibility index (Phi) is 1.76. The highest BCUT2D eigenvalue weighted by Gasteiger charge is 2.31. The smallest absolute Gasteiger partial charge is 0.00466 e. The Morgan fingerprint density at radius 1 is 1.55 bits per heavy atom. The molecule has 1 aliphatic heterocycles. The third kappa shape index (κ3) is 1.22. The van der Waals surface area contributed by atoms with Crippen LogP contribution in [0.4, 0.5) is 0 Å². The van der Waals surface area contributed by atoms with Crippen molar-refractivity contribution in [2.24, 2.45) is 11.8 Å². The van der Waals surface area contributed by atoms with Crippen LogP contribution >= 0.6 is 0 Å². The molecule has 0 amide bonds. The van der Waals surface area contributed by atoms with Gasteiger partial charge < -0.3 is 4.90 Å². The van der Waals surface area contributed by atoms with Gasteiger partial charge >= 0.3 is 0 Å². The molecule has 0 bridgehead atoms. The van der Waals surface area contributed by atoms with Crippen molar-refractivity contribution in [3.05, 3.63) is 11.6 Å².